The molecule has 26 heavy (non-hydrogen) atoms. The van der Waals surface area contributed by atoms with Crippen molar-refractivity contribution in [3.63, 3.8) is 0 Å². The predicted octanol–water partition coefficient (Wildman–Crippen LogP) is 1.54. The summed E-state index contributed by atoms with van der Waals surface area (Å²) in [5.41, 5.74) is 6.58. The zero-order chi connectivity index (χ0) is 18.9. The highest BCUT2D eigenvalue weighted by molar-refractivity contribution is 5.94. The van der Waals surface area contributed by atoms with Crippen molar-refractivity contribution >= 4 is 11.8 Å². The van der Waals surface area contributed by atoms with E-state index < -0.39 is 5.91 Å². The molecule has 0 heterocycles. The van der Waals surface area contributed by atoms with E-state index in [1.54, 1.807) is 25.3 Å². The van der Waals surface area contributed by atoms with Gasteiger partial charge >= 0.3 is 0 Å². The molecule has 0 aliphatic carbocycles. The van der Waals surface area contributed by atoms with E-state index in [1.807, 2.05) is 24.3 Å². The molecular weight excluding hydrogens is 336 g/mol. The summed E-state index contributed by atoms with van der Waals surface area (Å²) in [6, 6.07) is 12.4. The van der Waals surface area contributed by atoms with Gasteiger partial charge in [-0.3, -0.25) is 9.59 Å². The average molecular weight is 358 g/mol. The third-order valence-corrected chi connectivity index (χ3v) is 3.65. The van der Waals surface area contributed by atoms with E-state index in [-0.39, 0.29) is 12.5 Å². The first-order chi connectivity index (χ1) is 12.5. The largest absolute Gasteiger partial charge is 0.497 e. The topological polar surface area (TPSA) is 99.9 Å². The second-order valence-corrected chi connectivity index (χ2v) is 5.47. The smallest absolute Gasteiger partial charge is 0.255 e. The number of nitrogens with two attached hydrogens (primary N) is 1. The number of hydrogen-bond acceptors (Lipinski definition) is 5. The monoisotopic (exact) mass is 358 g/mol. The van der Waals surface area contributed by atoms with Gasteiger partial charge in [0.25, 0.3) is 11.8 Å². The number of carbonyl (C=O) groups is 2. The van der Waals surface area contributed by atoms with Gasteiger partial charge in [-0.2, -0.15) is 0 Å². The molecule has 0 aliphatic heterocycles. The van der Waals surface area contributed by atoms with Crippen LogP contribution in [0.5, 0.6) is 17.2 Å². The summed E-state index contributed by atoms with van der Waals surface area (Å²) in [5, 5.41) is 2.86. The fourth-order valence-electron chi connectivity index (χ4n) is 2.29. The number of benzene rings is 2. The second-order valence-electron chi connectivity index (χ2n) is 5.47. The van der Waals surface area contributed by atoms with Crippen LogP contribution in [-0.4, -0.2) is 39.2 Å². The maximum Gasteiger partial charge on any atom is 0.255 e. The predicted molar refractivity (Wildman–Crippen MR) is 96.7 cm³/mol. The maximum absolute atomic E-state index is 12.3. The van der Waals surface area contributed by atoms with Gasteiger partial charge in [0.2, 0.25) is 0 Å². The Balaban J connectivity index is 1.92. The number of amides is 2. The summed E-state index contributed by atoms with van der Waals surface area (Å²) in [6.07, 6.45) is 0.701. The molecule has 3 N–H and O–H groups in total. The highest BCUT2D eigenvalue weighted by atomic mass is 16.5. The van der Waals surface area contributed by atoms with E-state index in [0.29, 0.717) is 30.0 Å². The Bertz CT molecular complexity index is 759. The van der Waals surface area contributed by atoms with Crippen LogP contribution < -0.4 is 25.3 Å². The molecule has 0 unspecified atom stereocenters. The minimum absolute atomic E-state index is 0.224. The lowest BCUT2D eigenvalue weighted by atomic mass is 10.1. The molecule has 0 fully saturated rings. The van der Waals surface area contributed by atoms with Gasteiger partial charge in [0.1, 0.15) is 5.75 Å². The van der Waals surface area contributed by atoms with E-state index in [0.717, 1.165) is 11.3 Å². The van der Waals surface area contributed by atoms with Crippen LogP contribution in [0.2, 0.25) is 0 Å². The average Bonchev–Trinajstić information content (AvgIpc) is 2.66. The van der Waals surface area contributed by atoms with Crippen molar-refractivity contribution in [3.05, 3.63) is 53.6 Å². The van der Waals surface area contributed by atoms with Crippen molar-refractivity contribution in [2.45, 2.75) is 6.42 Å². The van der Waals surface area contributed by atoms with Crippen LogP contribution in [0.4, 0.5) is 0 Å². The van der Waals surface area contributed by atoms with Gasteiger partial charge in [0.05, 0.1) is 14.2 Å². The fraction of sp³-hybridized carbons (Fsp3) is 0.263. The number of primary amides is 1. The summed E-state index contributed by atoms with van der Waals surface area (Å²) < 4.78 is 15.5. The Hall–Kier alpha value is -3.22. The summed E-state index contributed by atoms with van der Waals surface area (Å²) >= 11 is 0. The van der Waals surface area contributed by atoms with Gasteiger partial charge in [0.15, 0.2) is 18.1 Å². The van der Waals surface area contributed by atoms with E-state index >= 15 is 0 Å². The Kier molecular flexibility index (Phi) is 6.84. The highest BCUT2D eigenvalue weighted by Crippen LogP contribution is 2.28. The van der Waals surface area contributed by atoms with Gasteiger partial charge in [-0.05, 0) is 42.3 Å². The Morgan fingerprint density at radius 3 is 2.35 bits per heavy atom. The van der Waals surface area contributed by atoms with Crippen LogP contribution >= 0.6 is 0 Å². The molecule has 0 aliphatic rings. The molecular formula is C19H22N2O5. The summed E-state index contributed by atoms with van der Waals surface area (Å²) in [7, 11) is 3.07. The summed E-state index contributed by atoms with van der Waals surface area (Å²) in [5.74, 6) is 0.685. The SMILES string of the molecule is COc1ccc(CCNC(=O)c2ccc(OCC(N)=O)c(OC)c2)cc1. The molecule has 7 nitrogen and oxygen atoms in total. The van der Waals surface area contributed by atoms with Crippen molar-refractivity contribution < 1.29 is 23.8 Å². The first-order valence-electron chi connectivity index (χ1n) is 8.03. The number of methoxy groups -OCH3 is 2. The van der Waals surface area contributed by atoms with Crippen molar-refractivity contribution in [1.82, 2.24) is 5.32 Å². The third kappa shape index (κ3) is 5.41. The normalized spacial score (nSPS) is 10.1. The summed E-state index contributed by atoms with van der Waals surface area (Å²) in [4.78, 5) is 23.1. The molecule has 0 spiro atoms. The van der Waals surface area contributed by atoms with Crippen molar-refractivity contribution in [2.24, 2.45) is 5.73 Å². The molecule has 0 atom stereocenters. The third-order valence-electron chi connectivity index (χ3n) is 3.65. The first kappa shape index (κ1) is 19.1. The molecule has 0 radical (unpaired) electrons. The summed E-state index contributed by atoms with van der Waals surface area (Å²) in [6.45, 7) is 0.233. The Labute approximate surface area is 152 Å². The van der Waals surface area contributed by atoms with Gasteiger partial charge in [-0.1, -0.05) is 12.1 Å². The number of hydrogen-bond donors (Lipinski definition) is 2. The molecule has 0 aromatic heterocycles. The van der Waals surface area contributed by atoms with Gasteiger partial charge < -0.3 is 25.3 Å². The van der Waals surface area contributed by atoms with Crippen molar-refractivity contribution in [3.8, 4) is 17.2 Å². The van der Waals surface area contributed by atoms with E-state index in [1.165, 1.54) is 7.11 Å². The quantitative estimate of drug-likeness (QED) is 0.708. The van der Waals surface area contributed by atoms with Crippen LogP contribution in [0.25, 0.3) is 0 Å². The van der Waals surface area contributed by atoms with E-state index in [9.17, 15) is 9.59 Å². The molecule has 0 bridgehead atoms. The number of ether oxygens (including phenoxy) is 3. The molecule has 7 heteroatoms. The van der Waals surface area contributed by atoms with Crippen LogP contribution in [-0.2, 0) is 11.2 Å². The molecule has 2 aromatic carbocycles. The lowest BCUT2D eigenvalue weighted by molar-refractivity contribution is -0.119. The number of nitrogens with one attached hydrogen (secondary N) is 1. The highest BCUT2D eigenvalue weighted by Gasteiger charge is 2.11. The van der Waals surface area contributed by atoms with Gasteiger partial charge in [-0.15, -0.1) is 0 Å². The zero-order valence-corrected chi connectivity index (χ0v) is 14.8. The van der Waals surface area contributed by atoms with Gasteiger partial charge in [-0.25, -0.2) is 0 Å². The van der Waals surface area contributed by atoms with Crippen LogP contribution in [0.15, 0.2) is 42.5 Å². The lowest BCUT2D eigenvalue weighted by Crippen LogP contribution is -2.25. The van der Waals surface area contributed by atoms with Crippen molar-refractivity contribution in [2.75, 3.05) is 27.4 Å². The van der Waals surface area contributed by atoms with Crippen LogP contribution in [0.3, 0.4) is 0 Å². The van der Waals surface area contributed by atoms with E-state index in [2.05, 4.69) is 5.32 Å². The lowest BCUT2D eigenvalue weighted by Gasteiger charge is -2.11. The molecule has 0 saturated carbocycles. The van der Waals surface area contributed by atoms with Crippen molar-refractivity contribution in [1.29, 1.82) is 0 Å². The molecule has 2 amide bonds. The number of carbonyl (C=O) groups excluding carboxylic acids is 2. The Morgan fingerprint density at radius 1 is 1.00 bits per heavy atom. The standard InChI is InChI=1S/C19H22N2O5/c1-24-15-6-3-13(4-7-15)9-10-21-19(23)14-5-8-16(17(11-14)25-2)26-12-18(20)22/h3-8,11H,9-10,12H2,1-2H3,(H2,20,22)(H,21,23). The second kappa shape index (κ2) is 9.31. The van der Waals surface area contributed by atoms with Gasteiger partial charge in [0, 0.05) is 12.1 Å². The zero-order valence-electron chi connectivity index (χ0n) is 14.8. The van der Waals surface area contributed by atoms with E-state index in [4.69, 9.17) is 19.9 Å². The van der Waals surface area contributed by atoms with Crippen LogP contribution in [0, 0.1) is 0 Å². The molecule has 0 saturated heterocycles. The minimum atomic E-state index is -0.590. The minimum Gasteiger partial charge on any atom is -0.497 e. The Morgan fingerprint density at radius 2 is 1.73 bits per heavy atom. The number of rotatable bonds is 9. The maximum atomic E-state index is 12.3. The van der Waals surface area contributed by atoms with Crippen LogP contribution in [0.1, 0.15) is 15.9 Å². The molecule has 2 rings (SSSR count). The molecule has 2 aromatic rings. The first-order valence-corrected chi connectivity index (χ1v) is 8.03. The molecule has 138 valence electrons. The fourth-order valence-corrected chi connectivity index (χ4v) is 2.29.